The zero-order chi connectivity index (χ0) is 22.1. The van der Waals surface area contributed by atoms with Crippen LogP contribution in [0.5, 0.6) is 11.5 Å². The molecule has 0 spiro atoms. The minimum Gasteiger partial charge on any atom is -0.454 e. The second-order valence-electron chi connectivity index (χ2n) is 7.32. The molecule has 0 unspecified atom stereocenters. The number of amides is 1. The van der Waals surface area contributed by atoms with E-state index in [4.69, 9.17) is 21.1 Å². The number of halogens is 1. The molecular weight excluding hydrogens is 430 g/mol. The first kappa shape index (κ1) is 20.1. The van der Waals surface area contributed by atoms with E-state index in [2.05, 4.69) is 10.3 Å². The van der Waals surface area contributed by atoms with E-state index >= 15 is 0 Å². The van der Waals surface area contributed by atoms with E-state index in [-0.39, 0.29) is 19.2 Å². The fourth-order valence-corrected chi connectivity index (χ4v) is 3.84. The summed E-state index contributed by atoms with van der Waals surface area (Å²) in [5.74, 6) is 1.02. The molecule has 2 heterocycles. The number of nitrogens with one attached hydrogen (secondary N) is 1. The molecule has 4 aromatic rings. The van der Waals surface area contributed by atoms with Gasteiger partial charge in [-0.25, -0.2) is 4.79 Å². The van der Waals surface area contributed by atoms with Crippen molar-refractivity contribution in [3.63, 3.8) is 0 Å². The summed E-state index contributed by atoms with van der Waals surface area (Å²) < 4.78 is 12.0. The van der Waals surface area contributed by atoms with Gasteiger partial charge in [0.1, 0.15) is 6.54 Å². The Morgan fingerprint density at radius 2 is 1.84 bits per heavy atom. The summed E-state index contributed by atoms with van der Waals surface area (Å²) in [5, 5.41) is 4.06. The van der Waals surface area contributed by atoms with Gasteiger partial charge in [-0.1, -0.05) is 48.0 Å². The average molecular weight is 448 g/mol. The summed E-state index contributed by atoms with van der Waals surface area (Å²) in [4.78, 5) is 29.8. The van der Waals surface area contributed by atoms with Crippen LogP contribution in [0.1, 0.15) is 5.56 Å². The fourth-order valence-electron chi connectivity index (χ4n) is 3.67. The minimum atomic E-state index is -0.503. The number of ether oxygens (including phenoxy) is 2. The third-order valence-corrected chi connectivity index (χ3v) is 5.45. The number of benzene rings is 3. The molecule has 1 aliphatic heterocycles. The van der Waals surface area contributed by atoms with Gasteiger partial charge in [0, 0.05) is 22.5 Å². The van der Waals surface area contributed by atoms with Crippen molar-refractivity contribution in [1.82, 2.24) is 14.9 Å². The molecule has 0 atom stereocenters. The predicted molar refractivity (Wildman–Crippen MR) is 121 cm³/mol. The normalized spacial score (nSPS) is 12.2. The van der Waals surface area contributed by atoms with Gasteiger partial charge in [0.25, 0.3) is 0 Å². The lowest BCUT2D eigenvalue weighted by atomic mass is 10.1. The van der Waals surface area contributed by atoms with Gasteiger partial charge >= 0.3 is 5.69 Å². The molecule has 3 aromatic carbocycles. The van der Waals surface area contributed by atoms with Crippen molar-refractivity contribution in [2.45, 2.75) is 13.1 Å². The van der Waals surface area contributed by atoms with Crippen molar-refractivity contribution < 1.29 is 14.3 Å². The van der Waals surface area contributed by atoms with E-state index < -0.39 is 5.69 Å². The molecule has 0 saturated carbocycles. The molecule has 0 saturated heterocycles. The lowest BCUT2D eigenvalue weighted by Crippen LogP contribution is -2.33. The highest BCUT2D eigenvalue weighted by Crippen LogP contribution is 2.32. The fraction of sp³-hybridized carbons (Fsp3) is 0.125. The molecule has 0 bridgehead atoms. The molecule has 1 aliphatic rings. The van der Waals surface area contributed by atoms with Crippen molar-refractivity contribution >= 4 is 28.4 Å². The molecule has 1 amide bonds. The van der Waals surface area contributed by atoms with Crippen LogP contribution in [-0.4, -0.2) is 22.3 Å². The first-order chi connectivity index (χ1) is 15.6. The minimum absolute atomic E-state index is 0.163. The van der Waals surface area contributed by atoms with E-state index in [0.717, 1.165) is 11.1 Å². The number of hydrogen-bond acceptors (Lipinski definition) is 5. The summed E-state index contributed by atoms with van der Waals surface area (Å²) in [6.07, 6.45) is 0. The van der Waals surface area contributed by atoms with E-state index in [9.17, 15) is 9.59 Å². The van der Waals surface area contributed by atoms with Crippen molar-refractivity contribution in [3.05, 3.63) is 87.8 Å². The van der Waals surface area contributed by atoms with Crippen molar-refractivity contribution in [2.24, 2.45) is 0 Å². The summed E-state index contributed by atoms with van der Waals surface area (Å²) in [6, 6.07) is 20.1. The molecule has 0 radical (unpaired) electrons. The van der Waals surface area contributed by atoms with E-state index in [0.29, 0.717) is 39.7 Å². The van der Waals surface area contributed by atoms with Crippen LogP contribution in [-0.2, 0) is 17.9 Å². The van der Waals surface area contributed by atoms with E-state index in [1.165, 1.54) is 4.57 Å². The maximum Gasteiger partial charge on any atom is 0.349 e. The van der Waals surface area contributed by atoms with Gasteiger partial charge in [-0.15, -0.1) is 0 Å². The molecular formula is C24H18ClN3O4. The van der Waals surface area contributed by atoms with Crippen LogP contribution in [0.4, 0.5) is 0 Å². The Morgan fingerprint density at radius 1 is 1.03 bits per heavy atom. The summed E-state index contributed by atoms with van der Waals surface area (Å²) in [5.41, 5.74) is 2.29. The summed E-state index contributed by atoms with van der Waals surface area (Å²) in [6.45, 7) is 0.324. The third-order valence-electron chi connectivity index (χ3n) is 5.22. The van der Waals surface area contributed by atoms with Gasteiger partial charge < -0.3 is 14.8 Å². The Morgan fingerprint density at radius 3 is 2.69 bits per heavy atom. The highest BCUT2D eigenvalue weighted by molar-refractivity contribution is 6.31. The summed E-state index contributed by atoms with van der Waals surface area (Å²) >= 11 is 6.22. The largest absolute Gasteiger partial charge is 0.454 e. The zero-order valence-corrected chi connectivity index (χ0v) is 17.6. The quantitative estimate of drug-likeness (QED) is 0.503. The van der Waals surface area contributed by atoms with Gasteiger partial charge in [-0.3, -0.25) is 9.36 Å². The summed E-state index contributed by atoms with van der Waals surface area (Å²) in [7, 11) is 0. The van der Waals surface area contributed by atoms with Gasteiger partial charge in [0.2, 0.25) is 12.7 Å². The Hall–Kier alpha value is -3.84. The SMILES string of the molecule is O=C(Cn1c(=O)nc(-c2ccccc2)c2cc(Cl)ccc21)NCc1ccc2c(c1)OCO2. The molecule has 1 N–H and O–H groups in total. The number of aromatic nitrogens is 2. The Balaban J connectivity index is 1.42. The lowest BCUT2D eigenvalue weighted by Gasteiger charge is -2.13. The Bertz CT molecular complexity index is 1390. The first-order valence-corrected chi connectivity index (χ1v) is 10.4. The second-order valence-corrected chi connectivity index (χ2v) is 7.76. The maximum absolute atomic E-state index is 12.9. The number of fused-ring (bicyclic) bond motifs is 2. The van der Waals surface area contributed by atoms with Gasteiger partial charge in [-0.05, 0) is 35.9 Å². The van der Waals surface area contributed by atoms with Crippen LogP contribution < -0.4 is 20.5 Å². The molecule has 5 rings (SSSR count). The van der Waals surface area contributed by atoms with Crippen LogP contribution in [0.15, 0.2) is 71.5 Å². The number of rotatable bonds is 5. The number of carbonyl (C=O) groups is 1. The van der Waals surface area contributed by atoms with E-state index in [1.54, 1.807) is 24.3 Å². The molecule has 8 heteroatoms. The smallest absolute Gasteiger partial charge is 0.349 e. The monoisotopic (exact) mass is 447 g/mol. The van der Waals surface area contributed by atoms with Crippen molar-refractivity contribution in [2.75, 3.05) is 6.79 Å². The van der Waals surface area contributed by atoms with Crippen LogP contribution >= 0.6 is 11.6 Å². The van der Waals surface area contributed by atoms with Crippen LogP contribution in [0, 0.1) is 0 Å². The first-order valence-electron chi connectivity index (χ1n) is 9.99. The lowest BCUT2D eigenvalue weighted by molar-refractivity contribution is -0.121. The highest BCUT2D eigenvalue weighted by Gasteiger charge is 2.16. The van der Waals surface area contributed by atoms with Crippen molar-refractivity contribution in [1.29, 1.82) is 0 Å². The van der Waals surface area contributed by atoms with Crippen LogP contribution in [0.3, 0.4) is 0 Å². The van der Waals surface area contributed by atoms with Gasteiger partial charge in [-0.2, -0.15) is 4.98 Å². The number of nitrogens with zero attached hydrogens (tertiary/aromatic N) is 2. The molecule has 1 aromatic heterocycles. The maximum atomic E-state index is 12.9. The third kappa shape index (κ3) is 3.90. The molecule has 0 aliphatic carbocycles. The number of carbonyl (C=O) groups excluding carboxylic acids is 1. The zero-order valence-electron chi connectivity index (χ0n) is 16.9. The topological polar surface area (TPSA) is 82.5 Å². The van der Waals surface area contributed by atoms with Crippen LogP contribution in [0.25, 0.3) is 22.2 Å². The number of hydrogen-bond donors (Lipinski definition) is 1. The molecule has 160 valence electrons. The molecule has 7 nitrogen and oxygen atoms in total. The van der Waals surface area contributed by atoms with Crippen molar-refractivity contribution in [3.8, 4) is 22.8 Å². The molecule has 32 heavy (non-hydrogen) atoms. The van der Waals surface area contributed by atoms with Crippen LogP contribution in [0.2, 0.25) is 5.02 Å². The highest BCUT2D eigenvalue weighted by atomic mass is 35.5. The van der Waals surface area contributed by atoms with Gasteiger partial charge in [0.05, 0.1) is 11.2 Å². The van der Waals surface area contributed by atoms with Gasteiger partial charge in [0.15, 0.2) is 11.5 Å². The standard InChI is InChI=1S/C24H18ClN3O4/c25-17-7-8-19-18(11-17)23(16-4-2-1-3-5-16)27-24(30)28(19)13-22(29)26-12-15-6-9-20-21(10-15)32-14-31-20/h1-11H,12-14H2,(H,26,29). The Kier molecular flexibility index (Phi) is 5.25. The Labute approximate surface area is 188 Å². The average Bonchev–Trinajstić information content (AvgIpc) is 3.28. The predicted octanol–water partition coefficient (Wildman–Crippen LogP) is 3.76. The molecule has 0 fully saturated rings. The van der Waals surface area contributed by atoms with E-state index in [1.807, 2.05) is 42.5 Å². The second kappa shape index (κ2) is 8.36.